The minimum Gasteiger partial charge on any atom is -0.495 e. The van der Waals surface area contributed by atoms with Crippen LogP contribution < -0.4 is 21.3 Å². The fourth-order valence-corrected chi connectivity index (χ4v) is 1.68. The van der Waals surface area contributed by atoms with Gasteiger partial charge >= 0.3 is 0 Å². The molecule has 0 unspecified atom stereocenters. The molecule has 0 saturated carbocycles. The van der Waals surface area contributed by atoms with E-state index in [4.69, 9.17) is 22.2 Å². The third-order valence-corrected chi connectivity index (χ3v) is 3.06. The number of aliphatic imine (C=N–C) groups is 1. The van der Waals surface area contributed by atoms with Crippen LogP contribution in [-0.2, 0) is 0 Å². The molecule has 1 aromatic carbocycles. The van der Waals surface area contributed by atoms with Gasteiger partial charge in [0.15, 0.2) is 0 Å². The van der Waals surface area contributed by atoms with E-state index in [0.29, 0.717) is 16.7 Å². The van der Waals surface area contributed by atoms with Crippen LogP contribution in [0.25, 0.3) is 0 Å². The summed E-state index contributed by atoms with van der Waals surface area (Å²) >= 11 is 6.06. The first-order valence-corrected chi connectivity index (χ1v) is 6.62. The number of hydrogen-bond acceptors (Lipinski definition) is 3. The molecule has 0 radical (unpaired) electrons. The normalized spacial score (nSPS) is 11.3. The molecule has 0 heterocycles. The maximum Gasteiger partial charge on any atom is 0.210 e. The van der Waals surface area contributed by atoms with Crippen LogP contribution >= 0.6 is 11.6 Å². The topological polar surface area (TPSA) is 71.7 Å². The molecule has 0 aliphatic rings. The second kappa shape index (κ2) is 7.86. The first-order valence-electron chi connectivity index (χ1n) is 6.24. The second-order valence-corrected chi connectivity index (χ2v) is 4.56. The van der Waals surface area contributed by atoms with E-state index in [1.807, 2.05) is 13.0 Å². The second-order valence-electron chi connectivity index (χ2n) is 4.15. The number of anilines is 1. The molecule has 0 fully saturated rings. The Morgan fingerprint density at radius 1 is 1.47 bits per heavy atom. The summed E-state index contributed by atoms with van der Waals surface area (Å²) in [6.07, 6.45) is 2.11. The maximum atomic E-state index is 6.06. The number of hydrazine groups is 1. The third kappa shape index (κ3) is 4.61. The van der Waals surface area contributed by atoms with Crippen molar-refractivity contribution in [1.82, 2.24) is 5.43 Å². The van der Waals surface area contributed by atoms with Crippen molar-refractivity contribution in [3.8, 4) is 5.75 Å². The Morgan fingerprint density at radius 2 is 2.21 bits per heavy atom. The number of hydrogen-bond donors (Lipinski definition) is 3. The Balaban J connectivity index is 2.90. The van der Waals surface area contributed by atoms with Crippen LogP contribution in [0.5, 0.6) is 5.75 Å². The smallest absolute Gasteiger partial charge is 0.210 e. The summed E-state index contributed by atoms with van der Waals surface area (Å²) in [6, 6.07) is 3.66. The van der Waals surface area contributed by atoms with Gasteiger partial charge < -0.3 is 10.1 Å². The highest BCUT2D eigenvalue weighted by atomic mass is 35.5. The fourth-order valence-electron chi connectivity index (χ4n) is 1.53. The zero-order valence-electron chi connectivity index (χ0n) is 11.6. The predicted octanol–water partition coefficient (Wildman–Crippen LogP) is 2.69. The number of aryl methyl sites for hydroxylation is 1. The predicted molar refractivity (Wildman–Crippen MR) is 80.9 cm³/mol. The molecule has 0 spiro atoms. The van der Waals surface area contributed by atoms with Crippen LogP contribution in [0.3, 0.4) is 0 Å². The van der Waals surface area contributed by atoms with Crippen LogP contribution in [0.2, 0.25) is 5.02 Å². The van der Waals surface area contributed by atoms with Crippen molar-refractivity contribution >= 4 is 23.2 Å². The zero-order valence-corrected chi connectivity index (χ0v) is 12.3. The first kappa shape index (κ1) is 15.6. The van der Waals surface area contributed by atoms with Gasteiger partial charge in [-0.3, -0.25) is 10.4 Å². The van der Waals surface area contributed by atoms with E-state index in [-0.39, 0.29) is 0 Å². The molecule has 19 heavy (non-hydrogen) atoms. The van der Waals surface area contributed by atoms with Crippen molar-refractivity contribution in [3.63, 3.8) is 0 Å². The van der Waals surface area contributed by atoms with Crippen molar-refractivity contribution in [2.45, 2.75) is 26.7 Å². The SMILES string of the molecule is CCCCN=C(NN)Nc1cc(C)c(Cl)cc1OC. The maximum absolute atomic E-state index is 6.06. The first-order chi connectivity index (χ1) is 9.12. The Morgan fingerprint density at radius 3 is 2.79 bits per heavy atom. The van der Waals surface area contributed by atoms with Gasteiger partial charge in [0.1, 0.15) is 5.75 Å². The molecule has 4 N–H and O–H groups in total. The number of rotatable bonds is 5. The van der Waals surface area contributed by atoms with Crippen molar-refractivity contribution in [2.24, 2.45) is 10.8 Å². The van der Waals surface area contributed by atoms with E-state index in [2.05, 4.69) is 22.7 Å². The fraction of sp³-hybridized carbons (Fsp3) is 0.462. The molecule has 0 amide bonds. The van der Waals surface area contributed by atoms with Gasteiger partial charge in [0.05, 0.1) is 12.8 Å². The average molecular weight is 285 g/mol. The van der Waals surface area contributed by atoms with E-state index in [1.165, 1.54) is 0 Å². The highest BCUT2D eigenvalue weighted by Crippen LogP contribution is 2.30. The number of nitrogens with one attached hydrogen (secondary N) is 2. The molecular formula is C13H21ClN4O. The summed E-state index contributed by atoms with van der Waals surface area (Å²) in [5, 5.41) is 3.77. The van der Waals surface area contributed by atoms with Crippen molar-refractivity contribution in [3.05, 3.63) is 22.7 Å². The van der Waals surface area contributed by atoms with Gasteiger partial charge in [0.2, 0.25) is 5.96 Å². The monoisotopic (exact) mass is 284 g/mol. The number of methoxy groups -OCH3 is 1. The molecular weight excluding hydrogens is 264 g/mol. The van der Waals surface area contributed by atoms with Crippen LogP contribution in [0.1, 0.15) is 25.3 Å². The molecule has 0 aliphatic heterocycles. The number of nitrogens with zero attached hydrogens (tertiary/aromatic N) is 1. The molecule has 6 heteroatoms. The number of guanidine groups is 1. The highest BCUT2D eigenvalue weighted by molar-refractivity contribution is 6.31. The van der Waals surface area contributed by atoms with Gasteiger partial charge in [-0.25, -0.2) is 5.84 Å². The number of ether oxygens (including phenoxy) is 1. The Kier molecular flexibility index (Phi) is 6.45. The minimum atomic E-state index is 0.508. The summed E-state index contributed by atoms with van der Waals surface area (Å²) in [5.41, 5.74) is 4.27. The minimum absolute atomic E-state index is 0.508. The van der Waals surface area contributed by atoms with E-state index in [9.17, 15) is 0 Å². The standard InChI is InChI=1S/C13H21ClN4O/c1-4-5-6-16-13(18-15)17-11-7-9(2)10(14)8-12(11)19-3/h7-8H,4-6,15H2,1-3H3,(H2,16,17,18). The molecule has 5 nitrogen and oxygen atoms in total. The van der Waals surface area contributed by atoms with Crippen molar-refractivity contribution < 1.29 is 4.74 Å². The summed E-state index contributed by atoms with van der Waals surface area (Å²) in [4.78, 5) is 4.34. The van der Waals surface area contributed by atoms with Crippen molar-refractivity contribution in [1.29, 1.82) is 0 Å². The Bertz CT molecular complexity index is 449. The van der Waals surface area contributed by atoms with E-state index < -0.39 is 0 Å². The lowest BCUT2D eigenvalue weighted by Crippen LogP contribution is -2.36. The lowest BCUT2D eigenvalue weighted by atomic mass is 10.2. The van der Waals surface area contributed by atoms with Gasteiger partial charge in [-0.1, -0.05) is 24.9 Å². The lowest BCUT2D eigenvalue weighted by molar-refractivity contribution is 0.417. The molecule has 0 saturated heterocycles. The third-order valence-electron chi connectivity index (χ3n) is 2.65. The molecule has 0 atom stereocenters. The van der Waals surface area contributed by atoms with Crippen LogP contribution in [0, 0.1) is 6.92 Å². The quantitative estimate of drug-likeness (QED) is 0.256. The summed E-state index contributed by atoms with van der Waals surface area (Å²) in [5.74, 6) is 6.61. The Hall–Kier alpha value is -1.46. The van der Waals surface area contributed by atoms with Crippen LogP contribution in [-0.4, -0.2) is 19.6 Å². The van der Waals surface area contributed by atoms with E-state index in [1.54, 1.807) is 13.2 Å². The molecule has 0 aliphatic carbocycles. The van der Waals surface area contributed by atoms with Gasteiger partial charge in [0.25, 0.3) is 0 Å². The molecule has 0 aromatic heterocycles. The number of benzene rings is 1. The van der Waals surface area contributed by atoms with E-state index >= 15 is 0 Å². The number of halogens is 1. The van der Waals surface area contributed by atoms with Gasteiger partial charge in [-0.15, -0.1) is 0 Å². The summed E-state index contributed by atoms with van der Waals surface area (Å²) in [6.45, 7) is 4.76. The van der Waals surface area contributed by atoms with Crippen molar-refractivity contribution in [2.75, 3.05) is 19.0 Å². The molecule has 106 valence electrons. The zero-order chi connectivity index (χ0) is 14.3. The molecule has 1 aromatic rings. The highest BCUT2D eigenvalue weighted by Gasteiger charge is 2.08. The Labute approximate surface area is 119 Å². The van der Waals surface area contributed by atoms with Gasteiger partial charge in [-0.05, 0) is 25.0 Å². The van der Waals surface area contributed by atoms with Crippen LogP contribution in [0.4, 0.5) is 5.69 Å². The number of nitrogens with two attached hydrogens (primary N) is 1. The number of unbranched alkanes of at least 4 members (excludes halogenated alkanes) is 1. The lowest BCUT2D eigenvalue weighted by Gasteiger charge is -2.14. The average Bonchev–Trinajstić information content (AvgIpc) is 2.41. The van der Waals surface area contributed by atoms with Crippen LogP contribution in [0.15, 0.2) is 17.1 Å². The van der Waals surface area contributed by atoms with Gasteiger partial charge in [0, 0.05) is 17.6 Å². The molecule has 0 bridgehead atoms. The summed E-state index contributed by atoms with van der Waals surface area (Å²) in [7, 11) is 1.59. The largest absolute Gasteiger partial charge is 0.495 e. The summed E-state index contributed by atoms with van der Waals surface area (Å²) < 4.78 is 5.28. The van der Waals surface area contributed by atoms with E-state index in [0.717, 1.165) is 30.6 Å². The molecule has 1 rings (SSSR count). The van der Waals surface area contributed by atoms with Gasteiger partial charge in [-0.2, -0.15) is 0 Å².